The van der Waals surface area contributed by atoms with Crippen molar-refractivity contribution >= 4 is 5.97 Å². The first-order valence-corrected chi connectivity index (χ1v) is 9.20. The van der Waals surface area contributed by atoms with E-state index in [4.69, 9.17) is 0 Å². The topological polar surface area (TPSA) is 43.4 Å². The van der Waals surface area contributed by atoms with Crippen molar-refractivity contribution in [1.29, 1.82) is 0 Å². The summed E-state index contributed by atoms with van der Waals surface area (Å²) < 4.78 is 13.6. The zero-order valence-corrected chi connectivity index (χ0v) is 17.6. The fourth-order valence-corrected chi connectivity index (χ4v) is 2.88. The molecule has 1 unspecified atom stereocenters. The van der Waals surface area contributed by atoms with Crippen LogP contribution in [-0.2, 0) is 4.79 Å². The molecule has 0 aromatic carbocycles. The van der Waals surface area contributed by atoms with Crippen molar-refractivity contribution in [3.63, 3.8) is 0 Å². The van der Waals surface area contributed by atoms with Gasteiger partial charge in [-0.15, -0.1) is 9.60 Å². The fraction of sp³-hybridized carbons (Fsp3) is 0.944. The largest absolute Gasteiger partial charge is 1.00 e. The van der Waals surface area contributed by atoms with E-state index < -0.39 is 12.5 Å². The van der Waals surface area contributed by atoms with Crippen LogP contribution in [0.2, 0.25) is 0 Å². The van der Waals surface area contributed by atoms with Crippen LogP contribution in [0.1, 0.15) is 90.9 Å². The van der Waals surface area contributed by atoms with Gasteiger partial charge in [-0.25, -0.2) is 0 Å². The molecule has 0 aromatic heterocycles. The van der Waals surface area contributed by atoms with Crippen molar-refractivity contribution in [2.24, 2.45) is 5.92 Å². The van der Waals surface area contributed by atoms with Crippen LogP contribution in [0.15, 0.2) is 0 Å². The van der Waals surface area contributed by atoms with E-state index in [9.17, 15) is 14.4 Å². The number of carbonyl (C=O) groups is 1. The van der Waals surface area contributed by atoms with Gasteiger partial charge in [-0.05, 0) is 18.8 Å². The predicted octanol–water partition coefficient (Wildman–Crippen LogP) is 1.26. The maximum absolute atomic E-state index is 13.6. The van der Waals surface area contributed by atoms with Gasteiger partial charge in [0.25, 0.3) is 0 Å². The average molecular weight is 339 g/mol. The molecule has 0 amide bonds. The molecule has 132 valence electrons. The SMILES string of the molecule is CCCCCCCCC(CCCCCC)CN(F)CC(=O)[O-].[Na+]. The quantitative estimate of drug-likeness (QED) is 0.242. The molecule has 0 radical (unpaired) electrons. The summed E-state index contributed by atoms with van der Waals surface area (Å²) in [6.45, 7) is 4.01. The summed E-state index contributed by atoms with van der Waals surface area (Å²) in [5.74, 6) is -1.07. The van der Waals surface area contributed by atoms with E-state index >= 15 is 0 Å². The first kappa shape index (κ1) is 25.6. The van der Waals surface area contributed by atoms with Gasteiger partial charge in [-0.1, -0.05) is 78.1 Å². The summed E-state index contributed by atoms with van der Waals surface area (Å²) in [7, 11) is 0. The molecular weight excluding hydrogens is 304 g/mol. The maximum atomic E-state index is 13.6. The van der Waals surface area contributed by atoms with Crippen LogP contribution in [0.4, 0.5) is 4.48 Å². The zero-order chi connectivity index (χ0) is 16.6. The molecule has 0 saturated carbocycles. The molecule has 0 bridgehead atoms. The second-order valence-electron chi connectivity index (χ2n) is 6.45. The normalized spacial score (nSPS) is 12.2. The van der Waals surface area contributed by atoms with Crippen LogP contribution in [0.25, 0.3) is 0 Å². The monoisotopic (exact) mass is 339 g/mol. The minimum Gasteiger partial charge on any atom is -0.549 e. The van der Waals surface area contributed by atoms with Gasteiger partial charge >= 0.3 is 29.6 Å². The third-order valence-corrected chi connectivity index (χ3v) is 4.19. The summed E-state index contributed by atoms with van der Waals surface area (Å²) in [6.07, 6.45) is 14.2. The molecule has 0 spiro atoms. The molecule has 3 nitrogen and oxygen atoms in total. The Morgan fingerprint density at radius 1 is 0.913 bits per heavy atom. The van der Waals surface area contributed by atoms with Gasteiger partial charge in [-0.2, -0.15) is 0 Å². The van der Waals surface area contributed by atoms with Crippen LogP contribution in [-0.4, -0.2) is 24.2 Å². The van der Waals surface area contributed by atoms with E-state index in [1.807, 2.05) is 0 Å². The number of hydrogen-bond acceptors (Lipinski definition) is 3. The van der Waals surface area contributed by atoms with E-state index in [0.717, 1.165) is 25.7 Å². The van der Waals surface area contributed by atoms with Crippen LogP contribution < -0.4 is 34.7 Å². The molecule has 0 heterocycles. The molecule has 0 aliphatic carbocycles. The fourth-order valence-electron chi connectivity index (χ4n) is 2.88. The predicted molar refractivity (Wildman–Crippen MR) is 87.9 cm³/mol. The Morgan fingerprint density at radius 2 is 1.35 bits per heavy atom. The number of unbranched alkanes of at least 4 members (excludes halogenated alkanes) is 8. The Morgan fingerprint density at radius 3 is 1.83 bits per heavy atom. The third-order valence-electron chi connectivity index (χ3n) is 4.19. The summed E-state index contributed by atoms with van der Waals surface area (Å²) in [4.78, 5) is 10.5. The van der Waals surface area contributed by atoms with Crippen molar-refractivity contribution in [3.05, 3.63) is 0 Å². The zero-order valence-electron chi connectivity index (χ0n) is 15.6. The second-order valence-corrected chi connectivity index (χ2v) is 6.45. The molecule has 1 atom stereocenters. The number of aliphatic carboxylic acids is 1. The first-order chi connectivity index (χ1) is 10.6. The van der Waals surface area contributed by atoms with Crippen molar-refractivity contribution in [2.75, 3.05) is 13.1 Å². The van der Waals surface area contributed by atoms with Crippen molar-refractivity contribution in [1.82, 2.24) is 5.12 Å². The van der Waals surface area contributed by atoms with Gasteiger partial charge in [-0.3, -0.25) is 0 Å². The van der Waals surface area contributed by atoms with Gasteiger partial charge in [0.15, 0.2) is 0 Å². The van der Waals surface area contributed by atoms with Crippen LogP contribution in [0, 0.1) is 5.92 Å². The van der Waals surface area contributed by atoms with Gasteiger partial charge in [0, 0.05) is 6.54 Å². The Bertz CT molecular complexity index is 267. The Hall–Kier alpha value is 0.360. The van der Waals surface area contributed by atoms with E-state index in [2.05, 4.69) is 13.8 Å². The molecule has 0 aliphatic rings. The number of carboxylic acid groups (broad SMARTS) is 1. The standard InChI is InChI=1S/C18H36FNO2.Na/c1-3-5-7-9-10-12-14-17(13-11-8-6-4-2)15-20(19)16-18(21)22;/h17H,3-16H2,1-2H3,(H,21,22);/q;+1/p-1. The molecule has 0 aromatic rings. The number of nitrogens with zero attached hydrogens (tertiary/aromatic N) is 1. The summed E-state index contributed by atoms with van der Waals surface area (Å²) >= 11 is 0. The Labute approximate surface area is 164 Å². The number of hydrogen-bond donors (Lipinski definition) is 0. The minimum atomic E-state index is -1.34. The molecule has 23 heavy (non-hydrogen) atoms. The summed E-state index contributed by atoms with van der Waals surface area (Å²) in [5, 5.41) is 10.9. The molecule has 0 aliphatic heterocycles. The number of rotatable bonds is 16. The van der Waals surface area contributed by atoms with E-state index in [-0.39, 0.29) is 42.0 Å². The van der Waals surface area contributed by atoms with E-state index in [1.54, 1.807) is 0 Å². The smallest absolute Gasteiger partial charge is 0.549 e. The Balaban J connectivity index is 0. The maximum Gasteiger partial charge on any atom is 1.00 e. The van der Waals surface area contributed by atoms with Gasteiger partial charge in [0.2, 0.25) is 0 Å². The first-order valence-electron chi connectivity index (χ1n) is 9.20. The number of carboxylic acids is 1. The van der Waals surface area contributed by atoms with Gasteiger partial charge < -0.3 is 9.90 Å². The van der Waals surface area contributed by atoms with Gasteiger partial charge in [0.05, 0.1) is 12.5 Å². The van der Waals surface area contributed by atoms with Crippen LogP contribution in [0.5, 0.6) is 0 Å². The number of halogens is 1. The molecular formula is C18H35FNNaO2. The van der Waals surface area contributed by atoms with E-state index in [0.29, 0.717) is 5.12 Å². The summed E-state index contributed by atoms with van der Waals surface area (Å²) in [6, 6.07) is 0. The molecule has 0 saturated heterocycles. The molecule has 5 heteroatoms. The minimum absolute atomic E-state index is 0. The van der Waals surface area contributed by atoms with Crippen LogP contribution >= 0.6 is 0 Å². The third kappa shape index (κ3) is 18.5. The summed E-state index contributed by atoms with van der Waals surface area (Å²) in [5.41, 5.74) is 0. The number of carbonyl (C=O) groups excluding carboxylic acids is 1. The van der Waals surface area contributed by atoms with Gasteiger partial charge in [0.1, 0.15) is 0 Å². The van der Waals surface area contributed by atoms with Crippen molar-refractivity contribution in [3.8, 4) is 0 Å². The van der Waals surface area contributed by atoms with Crippen LogP contribution in [0.3, 0.4) is 0 Å². The molecule has 0 fully saturated rings. The Kier molecular flexibility index (Phi) is 20.8. The average Bonchev–Trinajstić information content (AvgIpc) is 2.46. The molecule has 0 rings (SSSR count). The van der Waals surface area contributed by atoms with Crippen molar-refractivity contribution in [2.45, 2.75) is 90.9 Å². The van der Waals surface area contributed by atoms with Crippen molar-refractivity contribution < 1.29 is 43.9 Å². The molecule has 0 N–H and O–H groups in total. The second kappa shape index (κ2) is 18.7. The van der Waals surface area contributed by atoms with E-state index in [1.165, 1.54) is 51.4 Å².